The fourth-order valence-electron chi connectivity index (χ4n) is 2.24. The van der Waals surface area contributed by atoms with Gasteiger partial charge in [0.25, 0.3) is 0 Å². The van der Waals surface area contributed by atoms with Gasteiger partial charge in [-0.2, -0.15) is 0 Å². The lowest BCUT2D eigenvalue weighted by Gasteiger charge is -2.19. The van der Waals surface area contributed by atoms with E-state index in [-0.39, 0.29) is 0 Å². The number of likely N-dealkylation sites (tertiary alicyclic amines) is 1. The Bertz CT molecular complexity index is 141. The predicted octanol–water partition coefficient (Wildman–Crippen LogP) is 0.690. The van der Waals surface area contributed by atoms with Gasteiger partial charge in [0.05, 0.1) is 0 Å². The topological polar surface area (TPSA) is 35.5 Å². The second kappa shape index (κ2) is 7.21. The lowest BCUT2D eigenvalue weighted by Crippen LogP contribution is -2.27. The summed E-state index contributed by atoms with van der Waals surface area (Å²) in [6.45, 7) is 5.00. The summed E-state index contributed by atoms with van der Waals surface area (Å²) in [7, 11) is 2.04. The third-order valence-corrected chi connectivity index (χ3v) is 3.07. The SMILES string of the molecule is CNCC1CCCN(CCCO)CC1. The van der Waals surface area contributed by atoms with Gasteiger partial charge in [-0.15, -0.1) is 0 Å². The Morgan fingerprint density at radius 2 is 2.21 bits per heavy atom. The number of nitrogens with one attached hydrogen (secondary N) is 1. The van der Waals surface area contributed by atoms with E-state index in [2.05, 4.69) is 10.2 Å². The maximum absolute atomic E-state index is 8.77. The predicted molar refractivity (Wildman–Crippen MR) is 59.4 cm³/mol. The molecule has 0 saturated carbocycles. The lowest BCUT2D eigenvalue weighted by molar-refractivity contribution is 0.227. The molecule has 1 atom stereocenters. The average Bonchev–Trinajstić information content (AvgIpc) is 2.41. The van der Waals surface area contributed by atoms with Crippen LogP contribution < -0.4 is 5.32 Å². The van der Waals surface area contributed by atoms with Crippen molar-refractivity contribution in [2.24, 2.45) is 5.92 Å². The second-order valence-corrected chi connectivity index (χ2v) is 4.27. The summed E-state index contributed by atoms with van der Waals surface area (Å²) < 4.78 is 0. The molecule has 1 heterocycles. The molecule has 1 saturated heterocycles. The van der Waals surface area contributed by atoms with Crippen LogP contribution in [0.15, 0.2) is 0 Å². The standard InChI is InChI=1S/C11H24N2O/c1-12-10-11-4-2-6-13(8-5-11)7-3-9-14/h11-12,14H,2-10H2,1H3. The van der Waals surface area contributed by atoms with Gasteiger partial charge in [-0.3, -0.25) is 0 Å². The second-order valence-electron chi connectivity index (χ2n) is 4.27. The molecule has 1 aliphatic heterocycles. The minimum atomic E-state index is 0.330. The van der Waals surface area contributed by atoms with Gasteiger partial charge < -0.3 is 15.3 Å². The van der Waals surface area contributed by atoms with Crippen LogP contribution in [0.1, 0.15) is 25.7 Å². The monoisotopic (exact) mass is 200 g/mol. The molecule has 1 fully saturated rings. The van der Waals surface area contributed by atoms with Crippen LogP contribution in [-0.2, 0) is 0 Å². The molecule has 1 aliphatic rings. The van der Waals surface area contributed by atoms with E-state index in [1.807, 2.05) is 7.05 Å². The molecule has 0 aromatic carbocycles. The summed E-state index contributed by atoms with van der Waals surface area (Å²) in [6.07, 6.45) is 4.91. The van der Waals surface area contributed by atoms with E-state index in [4.69, 9.17) is 5.11 Å². The van der Waals surface area contributed by atoms with Gasteiger partial charge >= 0.3 is 0 Å². The van der Waals surface area contributed by atoms with Crippen molar-refractivity contribution in [3.8, 4) is 0 Å². The summed E-state index contributed by atoms with van der Waals surface area (Å²) in [5.74, 6) is 0.860. The molecule has 3 nitrogen and oxygen atoms in total. The summed E-state index contributed by atoms with van der Waals surface area (Å²) in [4.78, 5) is 2.49. The van der Waals surface area contributed by atoms with Gasteiger partial charge in [0.2, 0.25) is 0 Å². The van der Waals surface area contributed by atoms with Crippen LogP contribution in [0.3, 0.4) is 0 Å². The van der Waals surface area contributed by atoms with Crippen LogP contribution in [0, 0.1) is 5.92 Å². The Hall–Kier alpha value is -0.120. The molecule has 3 heteroatoms. The first-order valence-electron chi connectivity index (χ1n) is 5.84. The quantitative estimate of drug-likeness (QED) is 0.685. The molecule has 1 unspecified atom stereocenters. The van der Waals surface area contributed by atoms with Crippen LogP contribution in [0.5, 0.6) is 0 Å². The van der Waals surface area contributed by atoms with Crippen molar-refractivity contribution in [3.05, 3.63) is 0 Å². The first kappa shape index (κ1) is 12.0. The largest absolute Gasteiger partial charge is 0.396 e. The van der Waals surface area contributed by atoms with Crippen molar-refractivity contribution in [2.45, 2.75) is 25.7 Å². The van der Waals surface area contributed by atoms with Gasteiger partial charge in [-0.05, 0) is 58.3 Å². The lowest BCUT2D eigenvalue weighted by atomic mass is 10.0. The minimum absolute atomic E-state index is 0.330. The molecule has 84 valence electrons. The Kier molecular flexibility index (Phi) is 6.15. The van der Waals surface area contributed by atoms with Crippen LogP contribution in [0.2, 0.25) is 0 Å². The molecule has 0 radical (unpaired) electrons. The van der Waals surface area contributed by atoms with Gasteiger partial charge in [0.15, 0.2) is 0 Å². The number of hydrogen-bond donors (Lipinski definition) is 2. The zero-order valence-electron chi connectivity index (χ0n) is 9.34. The molecular formula is C11H24N2O. The van der Waals surface area contributed by atoms with Crippen molar-refractivity contribution in [2.75, 3.05) is 39.8 Å². The first-order chi connectivity index (χ1) is 6.86. The van der Waals surface area contributed by atoms with Crippen molar-refractivity contribution in [3.63, 3.8) is 0 Å². The van der Waals surface area contributed by atoms with E-state index < -0.39 is 0 Å². The van der Waals surface area contributed by atoms with Crippen LogP contribution in [0.4, 0.5) is 0 Å². The van der Waals surface area contributed by atoms with Crippen LogP contribution in [-0.4, -0.2) is 49.8 Å². The van der Waals surface area contributed by atoms with Crippen LogP contribution in [0.25, 0.3) is 0 Å². The van der Waals surface area contributed by atoms with Gasteiger partial charge in [-0.1, -0.05) is 0 Å². The summed E-state index contributed by atoms with van der Waals surface area (Å²) in [5.41, 5.74) is 0. The minimum Gasteiger partial charge on any atom is -0.396 e. The Morgan fingerprint density at radius 3 is 2.93 bits per heavy atom. The Morgan fingerprint density at radius 1 is 1.36 bits per heavy atom. The van der Waals surface area contributed by atoms with Crippen molar-refractivity contribution in [1.29, 1.82) is 0 Å². The Balaban J connectivity index is 2.19. The Labute approximate surface area is 87.5 Å². The van der Waals surface area contributed by atoms with E-state index >= 15 is 0 Å². The van der Waals surface area contributed by atoms with Crippen molar-refractivity contribution in [1.82, 2.24) is 10.2 Å². The van der Waals surface area contributed by atoms with E-state index in [0.29, 0.717) is 6.61 Å². The smallest absolute Gasteiger partial charge is 0.0443 e. The van der Waals surface area contributed by atoms with E-state index in [1.165, 1.54) is 32.4 Å². The van der Waals surface area contributed by atoms with Crippen molar-refractivity contribution >= 4 is 0 Å². The number of aliphatic hydroxyl groups excluding tert-OH is 1. The number of hydrogen-bond acceptors (Lipinski definition) is 3. The van der Waals surface area contributed by atoms with Gasteiger partial charge in [-0.25, -0.2) is 0 Å². The highest BCUT2D eigenvalue weighted by molar-refractivity contribution is 4.71. The molecule has 2 N–H and O–H groups in total. The maximum Gasteiger partial charge on any atom is 0.0443 e. The van der Waals surface area contributed by atoms with Crippen molar-refractivity contribution < 1.29 is 5.11 Å². The molecule has 0 aromatic rings. The highest BCUT2D eigenvalue weighted by atomic mass is 16.3. The zero-order chi connectivity index (χ0) is 10.2. The van der Waals surface area contributed by atoms with E-state index in [9.17, 15) is 0 Å². The number of aliphatic hydroxyl groups is 1. The fourth-order valence-corrected chi connectivity index (χ4v) is 2.24. The summed E-state index contributed by atoms with van der Waals surface area (Å²) in [6, 6.07) is 0. The van der Waals surface area contributed by atoms with E-state index in [0.717, 1.165) is 25.4 Å². The van der Waals surface area contributed by atoms with Crippen LogP contribution >= 0.6 is 0 Å². The normalized spacial score (nSPS) is 24.9. The summed E-state index contributed by atoms with van der Waals surface area (Å²) in [5, 5.41) is 12.0. The maximum atomic E-state index is 8.77. The molecular weight excluding hydrogens is 176 g/mol. The molecule has 1 rings (SSSR count). The first-order valence-corrected chi connectivity index (χ1v) is 5.84. The highest BCUT2D eigenvalue weighted by Gasteiger charge is 2.15. The molecule has 0 aromatic heterocycles. The third kappa shape index (κ3) is 4.40. The molecule has 0 amide bonds. The third-order valence-electron chi connectivity index (χ3n) is 3.07. The van der Waals surface area contributed by atoms with Gasteiger partial charge in [0.1, 0.15) is 0 Å². The molecule has 0 spiro atoms. The number of rotatable bonds is 5. The number of nitrogens with zero attached hydrogens (tertiary/aromatic N) is 1. The average molecular weight is 200 g/mol. The van der Waals surface area contributed by atoms with Gasteiger partial charge in [0, 0.05) is 13.2 Å². The molecule has 0 aliphatic carbocycles. The highest BCUT2D eigenvalue weighted by Crippen LogP contribution is 2.16. The molecule has 0 bridgehead atoms. The van der Waals surface area contributed by atoms with E-state index in [1.54, 1.807) is 0 Å². The zero-order valence-corrected chi connectivity index (χ0v) is 9.34. The molecule has 14 heavy (non-hydrogen) atoms. The fraction of sp³-hybridized carbons (Fsp3) is 1.00. The summed E-state index contributed by atoms with van der Waals surface area (Å²) >= 11 is 0.